The molecule has 0 amide bonds. The van der Waals surface area contributed by atoms with Gasteiger partial charge < -0.3 is 16.2 Å². The van der Waals surface area contributed by atoms with E-state index in [0.717, 1.165) is 12.1 Å². The fraction of sp³-hybridized carbons (Fsp3) is 0.389. The zero-order valence-electron chi connectivity index (χ0n) is 14.8. The van der Waals surface area contributed by atoms with Gasteiger partial charge in [-0.2, -0.15) is 13.2 Å². The molecule has 0 radical (unpaired) electrons. The third-order valence-corrected chi connectivity index (χ3v) is 4.60. The van der Waals surface area contributed by atoms with Gasteiger partial charge in [0, 0.05) is 17.7 Å². The molecular formula is C18H19F3N4O2. The predicted octanol–water partition coefficient (Wildman–Crippen LogP) is 3.36. The molecule has 0 saturated heterocycles. The first-order valence-corrected chi connectivity index (χ1v) is 8.38. The highest BCUT2D eigenvalue weighted by molar-refractivity contribution is 5.73. The van der Waals surface area contributed by atoms with Crippen LogP contribution in [-0.4, -0.2) is 21.0 Å². The third kappa shape index (κ3) is 3.96. The van der Waals surface area contributed by atoms with Crippen molar-refractivity contribution in [1.82, 2.24) is 9.97 Å². The van der Waals surface area contributed by atoms with Crippen molar-refractivity contribution < 1.29 is 23.1 Å². The second kappa shape index (κ2) is 6.71. The summed E-state index contributed by atoms with van der Waals surface area (Å²) in [6, 6.07) is 2.89. The number of carboxylic acids is 1. The number of aryl methyl sites for hydroxylation is 1. The van der Waals surface area contributed by atoms with Gasteiger partial charge in [0.25, 0.3) is 0 Å². The Morgan fingerprint density at radius 2 is 2.00 bits per heavy atom. The van der Waals surface area contributed by atoms with Crippen molar-refractivity contribution >= 4 is 17.5 Å². The van der Waals surface area contributed by atoms with E-state index in [1.165, 1.54) is 6.07 Å². The normalized spacial score (nSPS) is 17.4. The van der Waals surface area contributed by atoms with Gasteiger partial charge in [-0.3, -0.25) is 4.79 Å². The molecule has 0 bridgehead atoms. The van der Waals surface area contributed by atoms with Crippen molar-refractivity contribution in [3.63, 3.8) is 0 Å². The number of hydrogen-bond donors (Lipinski definition) is 3. The summed E-state index contributed by atoms with van der Waals surface area (Å²) in [7, 11) is 0. The molecule has 1 aliphatic rings. The molecule has 0 fully saturated rings. The number of benzene rings is 1. The van der Waals surface area contributed by atoms with Gasteiger partial charge in [-0.15, -0.1) is 0 Å². The molecule has 1 aromatic heterocycles. The van der Waals surface area contributed by atoms with Crippen LogP contribution in [0.3, 0.4) is 0 Å². The van der Waals surface area contributed by atoms with Crippen LogP contribution in [-0.2, 0) is 23.8 Å². The summed E-state index contributed by atoms with van der Waals surface area (Å²) in [6.45, 7) is 3.38. The van der Waals surface area contributed by atoms with Crippen LogP contribution in [0, 0.1) is 12.8 Å². The van der Waals surface area contributed by atoms with Crippen LogP contribution in [0.4, 0.5) is 24.7 Å². The number of halogens is 3. The van der Waals surface area contributed by atoms with E-state index < -0.39 is 29.7 Å². The highest BCUT2D eigenvalue weighted by Crippen LogP contribution is 2.35. The lowest BCUT2D eigenvalue weighted by Crippen LogP contribution is -2.14. The summed E-state index contributed by atoms with van der Waals surface area (Å²) in [5.74, 6) is -0.561. The lowest BCUT2D eigenvalue weighted by atomic mass is 10.0. The Kier molecular flexibility index (Phi) is 4.71. The highest BCUT2D eigenvalue weighted by atomic mass is 19.4. The fourth-order valence-corrected chi connectivity index (χ4v) is 3.26. The second-order valence-corrected chi connectivity index (χ2v) is 6.74. The summed E-state index contributed by atoms with van der Waals surface area (Å²) in [5, 5.41) is 12.4. The van der Waals surface area contributed by atoms with Crippen LogP contribution in [0.2, 0.25) is 0 Å². The van der Waals surface area contributed by atoms with Crippen molar-refractivity contribution in [2.75, 3.05) is 11.1 Å². The minimum absolute atomic E-state index is 0.0171. The van der Waals surface area contributed by atoms with Crippen molar-refractivity contribution in [3.05, 3.63) is 46.4 Å². The van der Waals surface area contributed by atoms with Crippen LogP contribution in [0.5, 0.6) is 0 Å². The zero-order chi connectivity index (χ0) is 19.9. The van der Waals surface area contributed by atoms with Crippen molar-refractivity contribution in [2.45, 2.75) is 38.9 Å². The summed E-state index contributed by atoms with van der Waals surface area (Å²) >= 11 is 0. The second-order valence-electron chi connectivity index (χ2n) is 6.74. The van der Waals surface area contributed by atoms with Crippen molar-refractivity contribution in [3.8, 4) is 0 Å². The summed E-state index contributed by atoms with van der Waals surface area (Å²) in [5.41, 5.74) is 6.55. The van der Waals surface area contributed by atoms with E-state index in [2.05, 4.69) is 15.3 Å². The van der Waals surface area contributed by atoms with E-state index in [9.17, 15) is 23.1 Å². The average Bonchev–Trinajstić information content (AvgIpc) is 2.97. The lowest BCUT2D eigenvalue weighted by Gasteiger charge is -2.19. The number of anilines is 2. The minimum atomic E-state index is -4.49. The van der Waals surface area contributed by atoms with Crippen LogP contribution in [0.1, 0.15) is 41.2 Å². The van der Waals surface area contributed by atoms with Crippen molar-refractivity contribution in [1.29, 1.82) is 0 Å². The molecule has 144 valence electrons. The molecule has 1 heterocycles. The quantitative estimate of drug-likeness (QED) is 0.703. The zero-order valence-corrected chi connectivity index (χ0v) is 14.8. The number of fused-ring (bicyclic) bond motifs is 1. The van der Waals surface area contributed by atoms with Gasteiger partial charge in [-0.25, -0.2) is 9.97 Å². The Labute approximate surface area is 153 Å². The van der Waals surface area contributed by atoms with E-state index in [1.54, 1.807) is 13.8 Å². The SMILES string of the molecule is Cc1nc2c(c(N[C@H](C)c3cc(N)cc(C(F)(F)F)c3)n1)CC(C(=O)O)C2. The van der Waals surface area contributed by atoms with Crippen LogP contribution >= 0.6 is 0 Å². The Morgan fingerprint density at radius 3 is 2.63 bits per heavy atom. The molecule has 0 spiro atoms. The number of hydrogen-bond acceptors (Lipinski definition) is 5. The maximum absolute atomic E-state index is 13.0. The van der Waals surface area contributed by atoms with Gasteiger partial charge in [-0.1, -0.05) is 0 Å². The van der Waals surface area contributed by atoms with Gasteiger partial charge in [0.1, 0.15) is 11.6 Å². The number of aromatic nitrogens is 2. The number of nitrogens with two attached hydrogens (primary N) is 1. The van der Waals surface area contributed by atoms with Gasteiger partial charge in [-0.05, 0) is 44.0 Å². The summed E-state index contributed by atoms with van der Waals surface area (Å²) < 4.78 is 39.1. The molecule has 1 aromatic carbocycles. The lowest BCUT2D eigenvalue weighted by molar-refractivity contribution is -0.141. The Bertz CT molecular complexity index is 899. The number of nitrogens with one attached hydrogen (secondary N) is 1. The van der Waals surface area contributed by atoms with E-state index in [1.807, 2.05) is 0 Å². The van der Waals surface area contributed by atoms with E-state index in [-0.39, 0.29) is 12.1 Å². The molecule has 1 unspecified atom stereocenters. The van der Waals surface area contributed by atoms with Gasteiger partial charge in [0.2, 0.25) is 0 Å². The number of alkyl halides is 3. The number of aliphatic carboxylic acids is 1. The number of rotatable bonds is 4. The van der Waals surface area contributed by atoms with Gasteiger partial charge >= 0.3 is 12.1 Å². The molecule has 9 heteroatoms. The van der Waals surface area contributed by atoms with E-state index in [4.69, 9.17) is 5.73 Å². The summed E-state index contributed by atoms with van der Waals surface area (Å²) in [6.07, 6.45) is -3.90. The predicted molar refractivity (Wildman–Crippen MR) is 93.2 cm³/mol. The molecule has 3 rings (SSSR count). The average molecular weight is 380 g/mol. The van der Waals surface area contributed by atoms with Crippen LogP contribution in [0.25, 0.3) is 0 Å². The largest absolute Gasteiger partial charge is 0.481 e. The third-order valence-electron chi connectivity index (χ3n) is 4.60. The fourth-order valence-electron chi connectivity index (χ4n) is 3.26. The molecule has 6 nitrogen and oxygen atoms in total. The topological polar surface area (TPSA) is 101 Å². The molecule has 1 aliphatic carbocycles. The van der Waals surface area contributed by atoms with E-state index in [0.29, 0.717) is 34.9 Å². The monoisotopic (exact) mass is 380 g/mol. The van der Waals surface area contributed by atoms with Crippen molar-refractivity contribution in [2.24, 2.45) is 5.92 Å². The number of carbonyl (C=O) groups is 1. The van der Waals surface area contributed by atoms with Crippen LogP contribution in [0.15, 0.2) is 18.2 Å². The molecule has 0 aliphatic heterocycles. The maximum atomic E-state index is 13.0. The smallest absolute Gasteiger partial charge is 0.416 e. The minimum Gasteiger partial charge on any atom is -0.481 e. The van der Waals surface area contributed by atoms with Gasteiger partial charge in [0.15, 0.2) is 0 Å². The molecule has 0 saturated carbocycles. The number of carboxylic acid groups (broad SMARTS) is 1. The molecule has 27 heavy (non-hydrogen) atoms. The Balaban J connectivity index is 1.91. The first-order valence-electron chi connectivity index (χ1n) is 8.38. The molecule has 2 aromatic rings. The number of nitrogens with zero attached hydrogens (tertiary/aromatic N) is 2. The number of nitrogen functional groups attached to an aromatic ring is 1. The first kappa shape index (κ1) is 18.9. The van der Waals surface area contributed by atoms with E-state index >= 15 is 0 Å². The molecule has 2 atom stereocenters. The molecular weight excluding hydrogens is 361 g/mol. The Morgan fingerprint density at radius 1 is 1.30 bits per heavy atom. The van der Waals surface area contributed by atoms with Gasteiger partial charge in [0.05, 0.1) is 23.2 Å². The maximum Gasteiger partial charge on any atom is 0.416 e. The first-order chi connectivity index (χ1) is 12.5. The highest BCUT2D eigenvalue weighted by Gasteiger charge is 2.33. The van der Waals surface area contributed by atoms with Crippen LogP contribution < -0.4 is 11.1 Å². The molecule has 4 N–H and O–H groups in total. The standard InChI is InChI=1S/C18H19F3N4O2/c1-8(10-3-12(18(19,20)21)7-13(22)4-10)23-16-14-5-11(17(26)27)6-15(14)24-9(2)25-16/h3-4,7-8,11H,5-6,22H2,1-2H3,(H,26,27)(H,23,24,25)/t8-,11?/m1/s1. The summed E-state index contributed by atoms with van der Waals surface area (Å²) in [4.78, 5) is 19.9. The Hall–Kier alpha value is -2.84.